The minimum atomic E-state index is -1.58. The van der Waals surface area contributed by atoms with Crippen LogP contribution in [-0.2, 0) is 0 Å². The van der Waals surface area contributed by atoms with Crippen LogP contribution >= 0.6 is 0 Å². The molecule has 0 amide bonds. The van der Waals surface area contributed by atoms with Crippen LogP contribution in [0.2, 0.25) is 0 Å². The molecule has 0 heterocycles. The highest BCUT2D eigenvalue weighted by Crippen LogP contribution is 1.98. The summed E-state index contributed by atoms with van der Waals surface area (Å²) in [6, 6.07) is 0. The van der Waals surface area contributed by atoms with E-state index in [2.05, 4.69) is 0 Å². The van der Waals surface area contributed by atoms with Gasteiger partial charge in [0.15, 0.2) is 0 Å². The summed E-state index contributed by atoms with van der Waals surface area (Å²) in [6.45, 7) is 0. The third-order valence-corrected chi connectivity index (χ3v) is 0.430. The maximum Gasteiger partial charge on any atom is 0.221 e. The van der Waals surface area contributed by atoms with Crippen molar-refractivity contribution >= 4 is 0 Å². The normalized spacial score (nSPS) is 13.8. The Morgan fingerprint density at radius 3 is 1.56 bits per heavy atom. The molecule has 0 rings (SSSR count). The maximum atomic E-state index is 11.5. The van der Waals surface area contributed by atoms with Crippen LogP contribution in [0.5, 0.6) is 0 Å². The van der Waals surface area contributed by atoms with Gasteiger partial charge in [-0.3, -0.25) is 0 Å². The summed E-state index contributed by atoms with van der Waals surface area (Å²) in [5.41, 5.74) is 0. The van der Waals surface area contributed by atoms with E-state index >= 15 is 0 Å². The third-order valence-electron chi connectivity index (χ3n) is 0.430. The van der Waals surface area contributed by atoms with Gasteiger partial charge in [0.2, 0.25) is 11.9 Å². The molecule has 0 unspecified atom stereocenters. The van der Waals surface area contributed by atoms with E-state index < -0.39 is 24.6 Å². The number of halogens is 4. The Kier molecular flexibility index (Phi) is 3.50. The Morgan fingerprint density at radius 1 is 1.00 bits per heavy atom. The van der Waals surface area contributed by atoms with Gasteiger partial charge in [0.25, 0.3) is 0 Å². The average Bonchev–Trinajstić information content (AvgIpc) is 1.87. The lowest BCUT2D eigenvalue weighted by Crippen LogP contribution is -2.04. The van der Waals surface area contributed by atoms with Crippen LogP contribution in [-0.4, -0.2) is 0 Å². The predicted octanol–water partition coefficient (Wildman–Crippen LogP) is 2.05. The van der Waals surface area contributed by atoms with Gasteiger partial charge in [0.05, 0.1) is 0 Å². The topological polar surface area (TPSA) is 12.0 Å². The van der Waals surface area contributed by atoms with Gasteiger partial charge in [-0.15, -0.1) is 0 Å². The van der Waals surface area contributed by atoms with E-state index in [1.54, 1.807) is 0 Å². The van der Waals surface area contributed by atoms with Crippen LogP contribution in [0.25, 0.3) is 0 Å². The van der Waals surface area contributed by atoms with Crippen molar-refractivity contribution in [3.05, 3.63) is 24.6 Å². The standard InChI is InChI=1S/C4H3F4N/c5-1-3(7)9-4(8)2-6/h1-2,9H/b3-1+,4-2+. The smallest absolute Gasteiger partial charge is 0.221 e. The van der Waals surface area contributed by atoms with Gasteiger partial charge in [-0.25, -0.2) is 8.78 Å². The van der Waals surface area contributed by atoms with Crippen LogP contribution in [0, 0.1) is 0 Å². The zero-order valence-corrected chi connectivity index (χ0v) is 4.17. The fourth-order valence-corrected chi connectivity index (χ4v) is 0.169. The van der Waals surface area contributed by atoms with Crippen LogP contribution in [0.4, 0.5) is 17.6 Å². The molecule has 0 aliphatic heterocycles. The summed E-state index contributed by atoms with van der Waals surface area (Å²) >= 11 is 0. The van der Waals surface area contributed by atoms with E-state index in [9.17, 15) is 17.6 Å². The van der Waals surface area contributed by atoms with Gasteiger partial charge in [-0.05, 0) is 0 Å². The van der Waals surface area contributed by atoms with Crippen molar-refractivity contribution in [2.45, 2.75) is 0 Å². The molecule has 0 aliphatic rings. The zero-order valence-electron chi connectivity index (χ0n) is 4.17. The highest BCUT2D eigenvalue weighted by Gasteiger charge is 1.95. The van der Waals surface area contributed by atoms with Crippen molar-refractivity contribution in [3.8, 4) is 0 Å². The molecule has 52 valence electrons. The van der Waals surface area contributed by atoms with Crippen molar-refractivity contribution in [1.29, 1.82) is 0 Å². The summed E-state index contributed by atoms with van der Waals surface area (Å²) in [5, 5.41) is 1.12. The molecule has 5 heteroatoms. The molecule has 0 aromatic carbocycles. The predicted molar refractivity (Wildman–Crippen MR) is 23.7 cm³/mol. The van der Waals surface area contributed by atoms with Crippen LogP contribution in [0.15, 0.2) is 24.6 Å². The average molecular weight is 141 g/mol. The molecule has 0 atom stereocenters. The molecular weight excluding hydrogens is 138 g/mol. The first-order chi connectivity index (χ1) is 4.20. The van der Waals surface area contributed by atoms with E-state index in [-0.39, 0.29) is 0 Å². The second kappa shape index (κ2) is 3.94. The molecule has 0 aliphatic carbocycles. The monoisotopic (exact) mass is 141 g/mol. The first-order valence-corrected chi connectivity index (χ1v) is 1.89. The van der Waals surface area contributed by atoms with Gasteiger partial charge in [0.1, 0.15) is 12.7 Å². The largest absolute Gasteiger partial charge is 0.305 e. The Hall–Kier alpha value is -1.00. The molecule has 1 N–H and O–H groups in total. The Labute approximate surface area is 48.7 Å². The number of nitrogens with one attached hydrogen (secondary N) is 1. The van der Waals surface area contributed by atoms with Crippen molar-refractivity contribution in [2.75, 3.05) is 0 Å². The molecule has 1 nitrogen and oxygen atoms in total. The van der Waals surface area contributed by atoms with Gasteiger partial charge >= 0.3 is 0 Å². The lowest BCUT2D eigenvalue weighted by Gasteiger charge is -1.92. The van der Waals surface area contributed by atoms with E-state index in [1.807, 2.05) is 0 Å². The molecule has 9 heavy (non-hydrogen) atoms. The van der Waals surface area contributed by atoms with Crippen LogP contribution in [0.3, 0.4) is 0 Å². The van der Waals surface area contributed by atoms with Crippen molar-refractivity contribution in [2.24, 2.45) is 0 Å². The molecule has 0 aromatic rings. The first-order valence-electron chi connectivity index (χ1n) is 1.89. The van der Waals surface area contributed by atoms with E-state index in [0.29, 0.717) is 0 Å². The fraction of sp³-hybridized carbons (Fsp3) is 0. The molecule has 0 saturated heterocycles. The van der Waals surface area contributed by atoms with Crippen molar-refractivity contribution in [1.82, 2.24) is 5.32 Å². The summed E-state index contributed by atoms with van der Waals surface area (Å²) in [6.07, 6.45) is -1.05. The molecule has 0 saturated carbocycles. The minimum absolute atomic E-state index is 0.525. The fourth-order valence-electron chi connectivity index (χ4n) is 0.169. The quantitative estimate of drug-likeness (QED) is 0.458. The lowest BCUT2D eigenvalue weighted by atomic mass is 10.8. The van der Waals surface area contributed by atoms with E-state index in [0.717, 1.165) is 5.32 Å². The highest BCUT2D eigenvalue weighted by molar-refractivity contribution is 4.94. The van der Waals surface area contributed by atoms with Gasteiger partial charge < -0.3 is 5.32 Å². The summed E-state index contributed by atoms with van der Waals surface area (Å²) in [4.78, 5) is 0. The van der Waals surface area contributed by atoms with Crippen LogP contribution in [0.1, 0.15) is 0 Å². The third kappa shape index (κ3) is 3.57. The molecule has 0 bridgehead atoms. The lowest BCUT2D eigenvalue weighted by molar-refractivity contribution is 0.463. The number of rotatable bonds is 2. The second-order valence-corrected chi connectivity index (χ2v) is 1.04. The van der Waals surface area contributed by atoms with Crippen molar-refractivity contribution in [3.63, 3.8) is 0 Å². The van der Waals surface area contributed by atoms with Gasteiger partial charge in [0, 0.05) is 0 Å². The van der Waals surface area contributed by atoms with E-state index in [1.165, 1.54) is 0 Å². The highest BCUT2D eigenvalue weighted by atomic mass is 19.2. The second-order valence-electron chi connectivity index (χ2n) is 1.04. The van der Waals surface area contributed by atoms with Crippen LogP contribution < -0.4 is 5.32 Å². The first kappa shape index (κ1) is 8.00. The molecule has 0 fully saturated rings. The Balaban J connectivity index is 3.75. The Morgan fingerprint density at radius 2 is 1.33 bits per heavy atom. The summed E-state index contributed by atoms with van der Waals surface area (Å²) in [7, 11) is 0. The van der Waals surface area contributed by atoms with Crippen molar-refractivity contribution < 1.29 is 17.6 Å². The minimum Gasteiger partial charge on any atom is -0.305 e. The SMILES string of the molecule is F/C=C(\F)N/C(F)=C/F. The summed E-state index contributed by atoms with van der Waals surface area (Å²) < 4.78 is 44.9. The zero-order chi connectivity index (χ0) is 7.28. The van der Waals surface area contributed by atoms with Gasteiger partial charge in [-0.2, -0.15) is 8.78 Å². The number of hydrogen-bond acceptors (Lipinski definition) is 1. The van der Waals surface area contributed by atoms with E-state index in [4.69, 9.17) is 0 Å². The molecule has 0 spiro atoms. The molecule has 0 radical (unpaired) electrons. The molecular formula is C4H3F4N. The number of hydrogen-bond donors (Lipinski definition) is 1. The maximum absolute atomic E-state index is 11.5. The Bertz CT molecular complexity index is 124. The van der Waals surface area contributed by atoms with Gasteiger partial charge in [-0.1, -0.05) is 0 Å². The molecule has 0 aromatic heterocycles. The summed E-state index contributed by atoms with van der Waals surface area (Å²) in [5.74, 6) is -3.16.